The Labute approximate surface area is 120 Å². The van der Waals surface area contributed by atoms with E-state index in [2.05, 4.69) is 38.1 Å². The lowest BCUT2D eigenvalue weighted by Gasteiger charge is -2.08. The van der Waals surface area contributed by atoms with Gasteiger partial charge < -0.3 is 5.32 Å². The van der Waals surface area contributed by atoms with Crippen molar-refractivity contribution >= 4 is 27.4 Å². The highest BCUT2D eigenvalue weighted by molar-refractivity contribution is 9.10. The van der Waals surface area contributed by atoms with Crippen molar-refractivity contribution < 1.29 is 4.39 Å². The number of halogens is 2. The molecule has 0 aliphatic carbocycles. The second-order valence-electron chi connectivity index (χ2n) is 4.33. The lowest BCUT2D eigenvalue weighted by molar-refractivity contribution is 0.619. The van der Waals surface area contributed by atoms with Gasteiger partial charge in [-0.1, -0.05) is 13.0 Å². The molecule has 3 nitrogen and oxygen atoms in total. The Balaban J connectivity index is 2.24. The van der Waals surface area contributed by atoms with Crippen molar-refractivity contribution in [2.24, 2.45) is 0 Å². The van der Waals surface area contributed by atoms with Crippen molar-refractivity contribution in [3.8, 4) is 0 Å². The van der Waals surface area contributed by atoms with Crippen LogP contribution in [0.3, 0.4) is 0 Å². The molecule has 2 rings (SSSR count). The average molecular weight is 324 g/mol. The molecular formula is C14H15BrFN3. The largest absolute Gasteiger partial charge is 0.340 e. The lowest BCUT2D eigenvalue weighted by atomic mass is 10.2. The van der Waals surface area contributed by atoms with Crippen LogP contribution in [0.5, 0.6) is 0 Å². The van der Waals surface area contributed by atoms with Crippen molar-refractivity contribution in [1.29, 1.82) is 0 Å². The fourth-order valence-corrected chi connectivity index (χ4v) is 2.10. The number of anilines is 2. The third-order valence-corrected chi connectivity index (χ3v) is 3.07. The minimum atomic E-state index is -0.230. The van der Waals surface area contributed by atoms with E-state index in [1.165, 1.54) is 6.07 Å². The highest BCUT2D eigenvalue weighted by Gasteiger charge is 2.04. The molecule has 0 saturated heterocycles. The molecule has 0 radical (unpaired) electrons. The molecule has 0 spiro atoms. The van der Waals surface area contributed by atoms with Crippen LogP contribution in [-0.2, 0) is 6.42 Å². The highest BCUT2D eigenvalue weighted by Crippen LogP contribution is 2.20. The Hall–Kier alpha value is -1.49. The van der Waals surface area contributed by atoms with Gasteiger partial charge in [0.1, 0.15) is 22.1 Å². The van der Waals surface area contributed by atoms with Gasteiger partial charge >= 0.3 is 0 Å². The number of aromatic nitrogens is 2. The third kappa shape index (κ3) is 3.73. The Morgan fingerprint density at radius 1 is 1.26 bits per heavy atom. The Kier molecular flexibility index (Phi) is 4.47. The van der Waals surface area contributed by atoms with Gasteiger partial charge in [-0.05, 0) is 47.0 Å². The van der Waals surface area contributed by atoms with Crippen LogP contribution in [-0.4, -0.2) is 9.97 Å². The van der Waals surface area contributed by atoms with E-state index in [4.69, 9.17) is 0 Å². The number of rotatable bonds is 4. The molecular weight excluding hydrogens is 309 g/mol. The molecule has 1 aromatic heterocycles. The number of benzene rings is 1. The monoisotopic (exact) mass is 323 g/mol. The van der Waals surface area contributed by atoms with Crippen molar-refractivity contribution in [2.75, 3.05) is 5.32 Å². The molecule has 1 heterocycles. The smallest absolute Gasteiger partial charge is 0.135 e. The van der Waals surface area contributed by atoms with E-state index in [1.54, 1.807) is 19.1 Å². The van der Waals surface area contributed by atoms with Crippen LogP contribution in [0.4, 0.5) is 15.9 Å². The molecule has 5 heteroatoms. The summed E-state index contributed by atoms with van der Waals surface area (Å²) >= 11 is 3.36. The molecule has 0 atom stereocenters. The van der Waals surface area contributed by atoms with Crippen LogP contribution in [0.25, 0.3) is 0 Å². The highest BCUT2D eigenvalue weighted by atomic mass is 79.9. The van der Waals surface area contributed by atoms with Crippen molar-refractivity contribution in [2.45, 2.75) is 26.7 Å². The van der Waals surface area contributed by atoms with Gasteiger partial charge in [-0.2, -0.15) is 0 Å². The van der Waals surface area contributed by atoms with Crippen LogP contribution in [0.15, 0.2) is 28.9 Å². The summed E-state index contributed by atoms with van der Waals surface area (Å²) in [4.78, 5) is 8.68. The predicted octanol–water partition coefficient (Wildman–Crippen LogP) is 4.38. The quantitative estimate of drug-likeness (QED) is 0.848. The van der Waals surface area contributed by atoms with Gasteiger partial charge in [0.15, 0.2) is 0 Å². The Bertz CT molecular complexity index is 587. The summed E-state index contributed by atoms with van der Waals surface area (Å²) in [7, 11) is 0. The molecule has 0 amide bonds. The van der Waals surface area contributed by atoms with E-state index in [0.29, 0.717) is 17.1 Å². The minimum Gasteiger partial charge on any atom is -0.340 e. The van der Waals surface area contributed by atoms with Crippen LogP contribution >= 0.6 is 15.9 Å². The number of hydrogen-bond acceptors (Lipinski definition) is 3. The first-order chi connectivity index (χ1) is 9.08. The second kappa shape index (κ2) is 6.10. The van der Waals surface area contributed by atoms with Gasteiger partial charge in [-0.25, -0.2) is 14.4 Å². The molecule has 2 aromatic rings. The first-order valence-electron chi connectivity index (χ1n) is 6.15. The van der Waals surface area contributed by atoms with Gasteiger partial charge in [-0.3, -0.25) is 0 Å². The fraction of sp³-hybridized carbons (Fsp3) is 0.286. The predicted molar refractivity (Wildman–Crippen MR) is 78.1 cm³/mol. The summed E-state index contributed by atoms with van der Waals surface area (Å²) in [5.74, 6) is 1.20. The topological polar surface area (TPSA) is 37.8 Å². The number of nitrogens with zero attached hydrogens (tertiary/aromatic N) is 2. The number of nitrogens with one attached hydrogen (secondary N) is 1. The van der Waals surface area contributed by atoms with Crippen molar-refractivity contribution in [1.82, 2.24) is 9.97 Å². The number of hydrogen-bond donors (Lipinski definition) is 1. The van der Waals surface area contributed by atoms with Crippen LogP contribution < -0.4 is 5.32 Å². The van der Waals surface area contributed by atoms with E-state index in [9.17, 15) is 4.39 Å². The van der Waals surface area contributed by atoms with Gasteiger partial charge in [0.2, 0.25) is 0 Å². The molecule has 0 aliphatic rings. The molecule has 19 heavy (non-hydrogen) atoms. The molecule has 0 fully saturated rings. The maximum atomic E-state index is 13.5. The van der Waals surface area contributed by atoms with Crippen LogP contribution in [0, 0.1) is 12.7 Å². The van der Waals surface area contributed by atoms with Gasteiger partial charge in [0.05, 0.1) is 0 Å². The zero-order valence-corrected chi connectivity index (χ0v) is 12.5. The van der Waals surface area contributed by atoms with Crippen molar-refractivity contribution in [3.05, 3.63) is 46.1 Å². The maximum absolute atomic E-state index is 13.5. The zero-order chi connectivity index (χ0) is 13.8. The van der Waals surface area contributed by atoms with E-state index in [0.717, 1.165) is 23.3 Å². The van der Waals surface area contributed by atoms with E-state index >= 15 is 0 Å². The van der Waals surface area contributed by atoms with Gasteiger partial charge in [-0.15, -0.1) is 0 Å². The molecule has 1 aromatic carbocycles. The van der Waals surface area contributed by atoms with Crippen LogP contribution in [0.2, 0.25) is 0 Å². The summed E-state index contributed by atoms with van der Waals surface area (Å²) in [6, 6.07) is 6.80. The molecule has 0 bridgehead atoms. The molecule has 1 N–H and O–H groups in total. The average Bonchev–Trinajstić information content (AvgIpc) is 2.33. The minimum absolute atomic E-state index is 0.230. The van der Waals surface area contributed by atoms with Crippen LogP contribution in [0.1, 0.15) is 24.7 Å². The van der Waals surface area contributed by atoms with Crippen molar-refractivity contribution in [3.63, 3.8) is 0 Å². The molecule has 100 valence electrons. The fourth-order valence-electron chi connectivity index (χ4n) is 1.68. The maximum Gasteiger partial charge on any atom is 0.135 e. The van der Waals surface area contributed by atoms with E-state index in [1.807, 2.05) is 6.07 Å². The summed E-state index contributed by atoms with van der Waals surface area (Å²) in [6.07, 6.45) is 1.80. The molecule has 0 saturated carbocycles. The Morgan fingerprint density at radius 2 is 2.05 bits per heavy atom. The zero-order valence-electron chi connectivity index (χ0n) is 10.9. The summed E-state index contributed by atoms with van der Waals surface area (Å²) < 4.78 is 14.2. The summed E-state index contributed by atoms with van der Waals surface area (Å²) in [5, 5.41) is 3.09. The van der Waals surface area contributed by atoms with E-state index in [-0.39, 0.29) is 5.82 Å². The summed E-state index contributed by atoms with van der Waals surface area (Å²) in [5.41, 5.74) is 1.30. The normalized spacial score (nSPS) is 10.5. The second-order valence-corrected chi connectivity index (χ2v) is 5.14. The molecule has 0 aliphatic heterocycles. The third-order valence-electron chi connectivity index (χ3n) is 2.66. The molecule has 0 unspecified atom stereocenters. The first kappa shape index (κ1) is 13.9. The van der Waals surface area contributed by atoms with Gasteiger partial charge in [0.25, 0.3) is 0 Å². The standard InChI is InChI=1S/C14H15BrFN3/c1-3-4-13-18-12(15)8-14(19-13)17-10-6-5-9(2)11(16)7-10/h5-8H,3-4H2,1-2H3,(H,17,18,19). The SMILES string of the molecule is CCCc1nc(Br)cc(Nc2ccc(C)c(F)c2)n1. The van der Waals surface area contributed by atoms with Gasteiger partial charge in [0, 0.05) is 18.2 Å². The first-order valence-corrected chi connectivity index (χ1v) is 6.94. The summed E-state index contributed by atoms with van der Waals surface area (Å²) in [6.45, 7) is 3.81. The Morgan fingerprint density at radius 3 is 2.74 bits per heavy atom. The number of aryl methyl sites for hydroxylation is 2. The lowest BCUT2D eigenvalue weighted by Crippen LogP contribution is -2.01. The van der Waals surface area contributed by atoms with E-state index < -0.39 is 0 Å².